The molecule has 2 spiro atoms. The third-order valence-corrected chi connectivity index (χ3v) is 20.8. The van der Waals surface area contributed by atoms with Gasteiger partial charge in [-0.25, -0.2) is 45.9 Å². The van der Waals surface area contributed by atoms with Crippen LogP contribution < -0.4 is 16.0 Å². The van der Waals surface area contributed by atoms with Crippen molar-refractivity contribution in [3.8, 4) is 0 Å². The largest absolute Gasteiger partial charge is 0.465 e. The van der Waals surface area contributed by atoms with E-state index in [0.717, 1.165) is 16.9 Å². The molecule has 4 N–H and O–H groups in total. The van der Waals surface area contributed by atoms with E-state index in [0.29, 0.717) is 92.0 Å². The number of amides is 2. The van der Waals surface area contributed by atoms with E-state index >= 15 is 8.78 Å². The number of fused-ring (bicyclic) bond motifs is 14. The lowest BCUT2D eigenvalue weighted by Gasteiger charge is -2.45. The van der Waals surface area contributed by atoms with Crippen molar-refractivity contribution in [1.82, 2.24) is 29.3 Å². The van der Waals surface area contributed by atoms with E-state index < -0.39 is 64.2 Å². The Balaban J connectivity index is 0.000000143. The normalized spacial score (nSPS) is 26.2. The molecule has 0 radical (unpaired) electrons. The lowest BCUT2D eigenvalue weighted by molar-refractivity contribution is -0.136. The number of aliphatic hydroxyl groups excluding tert-OH is 1. The van der Waals surface area contributed by atoms with E-state index in [2.05, 4.69) is 25.1 Å². The Morgan fingerprint density at radius 3 is 1.67 bits per heavy atom. The maximum Gasteiger partial charge on any atom is 0.337 e. The molecule has 8 atom stereocenters. The summed E-state index contributed by atoms with van der Waals surface area (Å²) >= 11 is 25.2. The van der Waals surface area contributed by atoms with Gasteiger partial charge in [-0.15, -0.1) is 0 Å². The lowest BCUT2D eigenvalue weighted by Crippen LogP contribution is -2.55. The quantitative estimate of drug-likeness (QED) is 0.0880. The highest BCUT2D eigenvalue weighted by Gasteiger charge is 2.70. The summed E-state index contributed by atoms with van der Waals surface area (Å²) in [5.41, 5.74) is 3.86. The first kappa shape index (κ1) is 61.3. The highest BCUT2D eigenvalue weighted by Crippen LogP contribution is 2.66. The number of hydrogen-bond acceptors (Lipinski definition) is 11. The first-order valence-corrected chi connectivity index (χ1v) is 31.2. The number of ether oxygens (including phenoxy) is 2. The standard InChI is InChI=1S/C33H27Cl2F3N4O3.C28H21Cl2FN4O3.C5H8F2O/c1-45-30(43)17-5-8-24-23(11-17)39-29-26-25(9-10-41(24)29)42(15-16-13-32(37,38)14-16)33(27(26)19-3-2-4-21(35)28(19)36)20-7-6-18(34)12-22(20)40-31(33)44;1-38-26(36)13-5-8-21-20(11-13)32-25-22-18(9-10-35(21)25)34-28(23(22)15-3-2-4-17(30)24(15)31)16-7-6-14(29)12-19(16)33-27(28)37;6-5(7)1-4(2-5)3-8/h2-8,11-12,16,25-27H,9-10,13-15H2,1H3,(H,40,44);2-8,11-12,18,22-23,34H,9-10H2,1H3,(H,33,37);4,8H,1-3H2/t25-,26+,27-,33+;18-,22+,23-,28+;/m00./s1. The molecule has 2 saturated heterocycles. The summed E-state index contributed by atoms with van der Waals surface area (Å²) in [5, 5.41) is 18.7. The number of carbonyl (C=O) groups excluding carboxylic acids is 4. The van der Waals surface area contributed by atoms with Crippen LogP contribution >= 0.6 is 46.4 Å². The molecular weight excluding hydrogens is 1270 g/mol. The fourth-order valence-electron chi connectivity index (χ4n) is 16.0. The maximum absolute atomic E-state index is 16.3. The first-order chi connectivity index (χ1) is 43.5. The van der Waals surface area contributed by atoms with Gasteiger partial charge in [-0.05, 0) is 109 Å². The molecule has 8 aromatic rings. The summed E-state index contributed by atoms with van der Waals surface area (Å²) in [7, 11) is 2.64. The summed E-state index contributed by atoms with van der Waals surface area (Å²) in [6, 6.07) is 29.9. The van der Waals surface area contributed by atoms with Gasteiger partial charge in [0.15, 0.2) is 0 Å². The van der Waals surface area contributed by atoms with Gasteiger partial charge in [0.25, 0.3) is 0 Å². The van der Waals surface area contributed by atoms with Gasteiger partial charge in [-0.1, -0.05) is 82.8 Å². The molecule has 6 aliphatic heterocycles. The SMILES string of the molecule is COC(=O)c1ccc2c(c1)nc1n2CC[C@@H]2N[C@@]3(C(=O)Nc4cc(Cl)ccc43)[C@@H](c3cccc(Cl)c3F)[C@H]12.COC(=O)c1ccc2c(c1)nc1n2CC[C@H]2[C@@H]1[C@H](c1cccc(Cl)c1F)[C@]1(C(=O)Nc3cc(Cl)ccc31)N2CC1CC(F)(F)C1.OCC1CC(F)(F)C1. The van der Waals surface area contributed by atoms with E-state index in [1.807, 2.05) is 23.1 Å². The highest BCUT2D eigenvalue weighted by molar-refractivity contribution is 6.32. The maximum atomic E-state index is 16.3. The van der Waals surface area contributed by atoms with Gasteiger partial charge < -0.3 is 34.3 Å². The van der Waals surface area contributed by atoms with E-state index in [1.165, 1.54) is 26.4 Å². The van der Waals surface area contributed by atoms with Gasteiger partial charge in [0, 0.05) is 120 Å². The predicted octanol–water partition coefficient (Wildman–Crippen LogP) is 13.5. The van der Waals surface area contributed by atoms with Crippen molar-refractivity contribution in [3.05, 3.63) is 186 Å². The van der Waals surface area contributed by atoms with Crippen LogP contribution in [0.4, 0.5) is 37.7 Å². The van der Waals surface area contributed by atoms with Crippen LogP contribution in [0.3, 0.4) is 0 Å². The van der Waals surface area contributed by atoms with Crippen LogP contribution in [-0.4, -0.2) is 104 Å². The molecule has 2 aliphatic carbocycles. The molecule has 8 heterocycles. The van der Waals surface area contributed by atoms with E-state index in [9.17, 15) is 36.7 Å². The smallest absolute Gasteiger partial charge is 0.337 e. The van der Waals surface area contributed by atoms with Gasteiger partial charge in [0.05, 0.1) is 57.5 Å². The van der Waals surface area contributed by atoms with Crippen molar-refractivity contribution in [1.29, 1.82) is 0 Å². The minimum atomic E-state index is -2.75. The van der Waals surface area contributed by atoms with E-state index in [-0.39, 0.29) is 96.1 Å². The number of esters is 2. The molecule has 6 aromatic carbocycles. The number of imidazole rings is 2. The molecule has 2 aromatic heterocycles. The molecule has 2 amide bonds. The Morgan fingerprint density at radius 1 is 0.626 bits per heavy atom. The minimum absolute atomic E-state index is 0.0112. The van der Waals surface area contributed by atoms with Gasteiger partial charge in [-0.2, -0.15) is 0 Å². The molecule has 16 rings (SSSR count). The Morgan fingerprint density at radius 2 is 1.13 bits per heavy atom. The number of nitrogens with one attached hydrogen (secondary N) is 3. The van der Waals surface area contributed by atoms with E-state index in [1.54, 1.807) is 78.9 Å². The molecule has 4 fully saturated rings. The third kappa shape index (κ3) is 9.71. The number of methoxy groups -OCH3 is 2. The van der Waals surface area contributed by atoms with Crippen LogP contribution in [-0.2, 0) is 43.2 Å². The molecule has 15 nitrogen and oxygen atoms in total. The van der Waals surface area contributed by atoms with Crippen molar-refractivity contribution in [2.45, 2.75) is 110 Å². The summed E-state index contributed by atoms with van der Waals surface area (Å²) < 4.78 is 98.1. The molecule has 0 bridgehead atoms. The molecule has 2 saturated carbocycles. The number of aryl methyl sites for hydroxylation is 2. The van der Waals surface area contributed by atoms with Gasteiger partial charge >= 0.3 is 11.9 Å². The second kappa shape index (κ2) is 22.5. The highest BCUT2D eigenvalue weighted by atomic mass is 35.5. The second-order valence-corrected chi connectivity index (χ2v) is 26.5. The van der Waals surface area contributed by atoms with Gasteiger partial charge in [0.1, 0.15) is 34.4 Å². The number of likely N-dealkylation sites (tertiary alicyclic amines) is 1. The molecule has 91 heavy (non-hydrogen) atoms. The fraction of sp³-hybridized carbons (Fsp3) is 0.364. The van der Waals surface area contributed by atoms with Gasteiger partial charge in [0.2, 0.25) is 23.7 Å². The number of alkyl halides is 4. The number of hydrogen-bond donors (Lipinski definition) is 4. The zero-order valence-corrected chi connectivity index (χ0v) is 51.5. The topological polar surface area (TPSA) is 182 Å². The van der Waals surface area contributed by atoms with Crippen molar-refractivity contribution in [3.63, 3.8) is 0 Å². The number of aliphatic hydroxyl groups is 1. The number of anilines is 2. The third-order valence-electron chi connectivity index (χ3n) is 19.8. The Kier molecular flexibility index (Phi) is 15.2. The number of nitrogens with zero attached hydrogens (tertiary/aromatic N) is 5. The Bertz CT molecular complexity index is 4360. The molecular formula is C66H56Cl4F6N8O7. The van der Waals surface area contributed by atoms with Crippen LogP contribution in [0.15, 0.2) is 109 Å². The molecule has 25 heteroatoms. The summed E-state index contributed by atoms with van der Waals surface area (Å²) in [4.78, 5) is 65.0. The zero-order chi connectivity index (χ0) is 64.0. The monoisotopic (exact) mass is 1330 g/mol. The number of benzene rings is 6. The van der Waals surface area contributed by atoms with Crippen molar-refractivity contribution in [2.75, 3.05) is 38.0 Å². The van der Waals surface area contributed by atoms with Crippen molar-refractivity contribution < 1.29 is 60.1 Å². The number of rotatable bonds is 7. The van der Waals surface area contributed by atoms with Crippen molar-refractivity contribution >= 4 is 104 Å². The zero-order valence-electron chi connectivity index (χ0n) is 48.5. The average molecular weight is 1330 g/mol. The minimum Gasteiger partial charge on any atom is -0.465 e. The summed E-state index contributed by atoms with van der Waals surface area (Å²) in [6.07, 6.45) is 0.446. The van der Waals surface area contributed by atoms with Crippen molar-refractivity contribution in [2.24, 2.45) is 11.8 Å². The number of carbonyl (C=O) groups is 4. The predicted molar refractivity (Wildman–Crippen MR) is 329 cm³/mol. The van der Waals surface area contributed by atoms with Crippen LogP contribution in [0, 0.1) is 23.5 Å². The summed E-state index contributed by atoms with van der Waals surface area (Å²) in [5.74, 6) is -9.54. The van der Waals surface area contributed by atoms with Crippen LogP contribution in [0.25, 0.3) is 22.1 Å². The van der Waals surface area contributed by atoms with E-state index in [4.69, 9.17) is 71.0 Å². The second-order valence-electron chi connectivity index (χ2n) is 24.8. The van der Waals surface area contributed by atoms with Gasteiger partial charge in [-0.3, -0.25) is 19.8 Å². The average Bonchev–Trinajstić information content (AvgIpc) is 1.53. The Labute approximate surface area is 536 Å². The lowest BCUT2D eigenvalue weighted by atomic mass is 9.70. The molecule has 0 unspecified atom stereocenters. The first-order valence-electron chi connectivity index (χ1n) is 29.7. The fourth-order valence-corrected chi connectivity index (χ4v) is 16.7. The molecule has 8 aliphatic rings. The summed E-state index contributed by atoms with van der Waals surface area (Å²) in [6.45, 7) is 1.30. The van der Waals surface area contributed by atoms with Crippen LogP contribution in [0.1, 0.15) is 117 Å². The Hall–Kier alpha value is -7.24. The number of halogens is 10. The van der Waals surface area contributed by atoms with Crippen LogP contribution in [0.5, 0.6) is 0 Å². The molecule has 472 valence electrons. The van der Waals surface area contributed by atoms with Crippen LogP contribution in [0.2, 0.25) is 20.1 Å². The number of aromatic nitrogens is 4.